The quantitative estimate of drug-likeness (QED) is 0.0243. The zero-order chi connectivity index (χ0) is 50.6. The summed E-state index contributed by atoms with van der Waals surface area (Å²) in [4.78, 5) is 23.2. The van der Waals surface area contributed by atoms with Crippen molar-refractivity contribution in [1.29, 1.82) is 0 Å². The zero-order valence-corrected chi connectivity index (χ0v) is 46.2. The van der Waals surface area contributed by atoms with E-state index in [1.165, 1.54) is 122 Å². The molecule has 0 aromatic carbocycles. The first-order valence-corrected chi connectivity index (χ1v) is 29.6. The molecular formula is C60H108N2O6P+. The number of carbonyl (C=O) groups excluding carboxylic acids is 1. The molecule has 0 spiro atoms. The van der Waals surface area contributed by atoms with Gasteiger partial charge in [-0.05, 0) is 77.0 Å². The van der Waals surface area contributed by atoms with Gasteiger partial charge in [0.25, 0.3) is 0 Å². The Hall–Kier alpha value is -2.58. The second-order valence-corrected chi connectivity index (χ2v) is 21.4. The predicted octanol–water partition coefficient (Wildman–Crippen LogP) is 17.0. The average molecular weight is 985 g/mol. The van der Waals surface area contributed by atoms with Crippen LogP contribution in [0, 0.1) is 0 Å². The van der Waals surface area contributed by atoms with Crippen LogP contribution in [0.25, 0.3) is 0 Å². The van der Waals surface area contributed by atoms with Crippen molar-refractivity contribution >= 4 is 13.7 Å². The molecule has 8 nitrogen and oxygen atoms in total. The molecule has 0 saturated heterocycles. The smallest absolute Gasteiger partial charge is 0.387 e. The van der Waals surface area contributed by atoms with Crippen molar-refractivity contribution in [3.8, 4) is 0 Å². The summed E-state index contributed by atoms with van der Waals surface area (Å²) in [5.41, 5.74) is 0. The predicted molar refractivity (Wildman–Crippen MR) is 299 cm³/mol. The van der Waals surface area contributed by atoms with Crippen molar-refractivity contribution in [2.24, 2.45) is 0 Å². The minimum atomic E-state index is -4.34. The lowest BCUT2D eigenvalue weighted by molar-refractivity contribution is -0.870. The maximum atomic E-state index is 12.9. The molecule has 3 unspecified atom stereocenters. The molecule has 0 radical (unpaired) electrons. The third-order valence-electron chi connectivity index (χ3n) is 12.1. The topological polar surface area (TPSA) is 105 Å². The van der Waals surface area contributed by atoms with Crippen LogP contribution in [-0.4, -0.2) is 73.4 Å². The maximum absolute atomic E-state index is 12.9. The van der Waals surface area contributed by atoms with Crippen molar-refractivity contribution in [2.45, 2.75) is 238 Å². The Kier molecular flexibility index (Phi) is 48.5. The van der Waals surface area contributed by atoms with E-state index >= 15 is 0 Å². The fourth-order valence-electron chi connectivity index (χ4n) is 7.67. The van der Waals surface area contributed by atoms with Crippen LogP contribution in [0.5, 0.6) is 0 Å². The Morgan fingerprint density at radius 2 is 0.870 bits per heavy atom. The van der Waals surface area contributed by atoms with Crippen LogP contribution in [0.2, 0.25) is 0 Å². The molecule has 69 heavy (non-hydrogen) atoms. The summed E-state index contributed by atoms with van der Waals surface area (Å²) in [6.45, 7) is 4.67. The van der Waals surface area contributed by atoms with Gasteiger partial charge in [-0.2, -0.15) is 0 Å². The first-order chi connectivity index (χ1) is 33.5. The molecule has 0 bridgehead atoms. The summed E-state index contributed by atoms with van der Waals surface area (Å²) >= 11 is 0. The number of hydrogen-bond acceptors (Lipinski definition) is 5. The Morgan fingerprint density at radius 1 is 0.507 bits per heavy atom. The van der Waals surface area contributed by atoms with E-state index in [2.05, 4.69) is 104 Å². The van der Waals surface area contributed by atoms with Gasteiger partial charge in [-0.1, -0.05) is 239 Å². The van der Waals surface area contributed by atoms with Crippen LogP contribution in [0.4, 0.5) is 0 Å². The number of aliphatic hydroxyl groups is 1. The minimum absolute atomic E-state index is 0.0585. The molecule has 0 rings (SSSR count). The van der Waals surface area contributed by atoms with Gasteiger partial charge in [0.2, 0.25) is 5.91 Å². The SMILES string of the molecule is CC/C=C\C/C=C\C/C=C\C/C=C\C/C=C\C/C=C\C/C=C\CCCCCCCCCCCCCCCCCC(=O)NC(COP(=O)(O)OCC[N+](C)(C)C)C(O)/C=C/CCCCCCCCCC. The van der Waals surface area contributed by atoms with Crippen molar-refractivity contribution in [3.63, 3.8) is 0 Å². The van der Waals surface area contributed by atoms with E-state index in [1.54, 1.807) is 6.08 Å². The molecule has 0 aromatic rings. The summed E-state index contributed by atoms with van der Waals surface area (Å²) in [6.07, 6.45) is 72.3. The lowest BCUT2D eigenvalue weighted by Gasteiger charge is -2.25. The molecule has 9 heteroatoms. The number of aliphatic hydroxyl groups excluding tert-OH is 1. The fourth-order valence-corrected chi connectivity index (χ4v) is 8.40. The number of rotatable bonds is 50. The molecule has 3 atom stereocenters. The van der Waals surface area contributed by atoms with Crippen LogP contribution in [-0.2, 0) is 18.4 Å². The number of nitrogens with one attached hydrogen (secondary N) is 1. The molecule has 0 aliphatic carbocycles. The average Bonchev–Trinajstić information content (AvgIpc) is 3.31. The van der Waals surface area contributed by atoms with Crippen molar-refractivity contribution in [2.75, 3.05) is 40.9 Å². The summed E-state index contributed by atoms with van der Waals surface area (Å²) in [5.74, 6) is -0.182. The number of allylic oxidation sites excluding steroid dienone is 15. The standard InChI is InChI=1S/C60H107N2O6P/c1-6-8-10-12-14-16-18-19-20-21-22-23-24-25-26-27-28-29-30-31-32-33-34-35-36-37-38-39-40-41-42-43-44-46-48-50-52-54-60(64)61-58(57-68-69(65,66)67-56-55-62(3,4)5)59(63)53-51-49-47-45-17-15-13-11-9-7-2/h8,10,14,16,19-20,22-23,25-26,28-29,31-32,51,53,58-59,63H,6-7,9,11-13,15,17-18,21,24,27,30,33-50,52,54-57H2,1-5H3,(H-,61,64,65,66)/p+1/b10-8-,16-14-,20-19-,23-22-,26-25-,29-28-,32-31-,53-51+. The Morgan fingerprint density at radius 3 is 1.28 bits per heavy atom. The molecule has 0 aliphatic heterocycles. The molecule has 0 aromatic heterocycles. The second-order valence-electron chi connectivity index (χ2n) is 19.9. The van der Waals surface area contributed by atoms with E-state index in [1.807, 2.05) is 27.2 Å². The van der Waals surface area contributed by atoms with Gasteiger partial charge in [0.05, 0.1) is 39.9 Å². The molecule has 398 valence electrons. The summed E-state index contributed by atoms with van der Waals surface area (Å²) in [7, 11) is 1.56. The lowest BCUT2D eigenvalue weighted by Crippen LogP contribution is -2.45. The van der Waals surface area contributed by atoms with Gasteiger partial charge in [0, 0.05) is 6.42 Å². The van der Waals surface area contributed by atoms with Crippen LogP contribution >= 0.6 is 7.82 Å². The van der Waals surface area contributed by atoms with Crippen LogP contribution in [0.15, 0.2) is 97.2 Å². The number of phosphoric ester groups is 1. The molecule has 0 fully saturated rings. The first kappa shape index (κ1) is 66.4. The van der Waals surface area contributed by atoms with Gasteiger partial charge in [0.15, 0.2) is 0 Å². The largest absolute Gasteiger partial charge is 0.472 e. The normalized spacial score (nSPS) is 14.7. The second kappa shape index (κ2) is 50.4. The maximum Gasteiger partial charge on any atom is 0.472 e. The highest BCUT2D eigenvalue weighted by atomic mass is 31.2. The lowest BCUT2D eigenvalue weighted by atomic mass is 10.0. The Labute approximate surface area is 426 Å². The van der Waals surface area contributed by atoms with Gasteiger partial charge in [-0.15, -0.1) is 0 Å². The molecule has 0 heterocycles. The van der Waals surface area contributed by atoms with Gasteiger partial charge in [-0.3, -0.25) is 13.8 Å². The van der Waals surface area contributed by atoms with E-state index in [4.69, 9.17) is 9.05 Å². The van der Waals surface area contributed by atoms with Crippen LogP contribution < -0.4 is 5.32 Å². The van der Waals surface area contributed by atoms with E-state index in [0.29, 0.717) is 17.4 Å². The molecule has 0 saturated carbocycles. The highest BCUT2D eigenvalue weighted by Crippen LogP contribution is 2.43. The number of quaternary nitrogens is 1. The molecular weight excluding hydrogens is 876 g/mol. The van der Waals surface area contributed by atoms with E-state index in [-0.39, 0.29) is 19.1 Å². The minimum Gasteiger partial charge on any atom is -0.387 e. The highest BCUT2D eigenvalue weighted by Gasteiger charge is 2.27. The van der Waals surface area contributed by atoms with Gasteiger partial charge in [-0.25, -0.2) is 4.57 Å². The van der Waals surface area contributed by atoms with Crippen molar-refractivity contribution < 1.29 is 32.9 Å². The van der Waals surface area contributed by atoms with Crippen LogP contribution in [0.3, 0.4) is 0 Å². The molecule has 1 amide bonds. The fraction of sp³-hybridized carbons (Fsp3) is 0.717. The van der Waals surface area contributed by atoms with Crippen LogP contribution in [0.1, 0.15) is 226 Å². The third kappa shape index (κ3) is 53.1. The van der Waals surface area contributed by atoms with Gasteiger partial charge < -0.3 is 19.8 Å². The molecule has 0 aliphatic rings. The number of phosphoric acid groups is 1. The number of likely N-dealkylation sites (N-methyl/N-ethyl adjacent to an activating group) is 1. The number of amides is 1. The first-order valence-electron chi connectivity index (χ1n) is 28.1. The van der Waals surface area contributed by atoms with E-state index in [0.717, 1.165) is 83.5 Å². The van der Waals surface area contributed by atoms with Crippen molar-refractivity contribution in [3.05, 3.63) is 97.2 Å². The summed E-state index contributed by atoms with van der Waals surface area (Å²) in [6, 6.07) is -0.849. The summed E-state index contributed by atoms with van der Waals surface area (Å²) < 4.78 is 23.6. The highest BCUT2D eigenvalue weighted by molar-refractivity contribution is 7.47. The monoisotopic (exact) mass is 984 g/mol. The van der Waals surface area contributed by atoms with Gasteiger partial charge >= 0.3 is 7.82 Å². The number of nitrogens with zero attached hydrogens (tertiary/aromatic N) is 1. The Balaban J connectivity index is 3.98. The molecule has 3 N–H and O–H groups in total. The number of unbranched alkanes of at least 4 members (excludes halogenated alkanes) is 23. The number of carbonyl (C=O) groups is 1. The van der Waals surface area contributed by atoms with Crippen molar-refractivity contribution in [1.82, 2.24) is 5.32 Å². The Bertz CT molecular complexity index is 1440. The van der Waals surface area contributed by atoms with E-state index < -0.39 is 20.0 Å². The third-order valence-corrected chi connectivity index (χ3v) is 13.0. The number of hydrogen-bond donors (Lipinski definition) is 3. The van der Waals surface area contributed by atoms with E-state index in [9.17, 15) is 19.4 Å². The summed E-state index contributed by atoms with van der Waals surface area (Å²) in [5, 5.41) is 13.8. The zero-order valence-electron chi connectivity index (χ0n) is 45.3. The van der Waals surface area contributed by atoms with Gasteiger partial charge in [0.1, 0.15) is 13.2 Å².